The summed E-state index contributed by atoms with van der Waals surface area (Å²) >= 11 is 0. The van der Waals surface area contributed by atoms with E-state index in [1.54, 1.807) is 14.1 Å². The molecule has 0 unspecified atom stereocenters. The maximum absolute atomic E-state index is 6.32. The van der Waals surface area contributed by atoms with E-state index < -0.39 is 0 Å². The van der Waals surface area contributed by atoms with Gasteiger partial charge in [-0.15, -0.1) is 0 Å². The minimum atomic E-state index is 0.158. The smallest absolute Gasteiger partial charge is 0.220 e. The Morgan fingerprint density at radius 3 is 1.54 bits per heavy atom. The van der Waals surface area contributed by atoms with Crippen LogP contribution in [0.2, 0.25) is 0 Å². The Hall–Kier alpha value is -4.98. The Labute approximate surface area is 229 Å². The van der Waals surface area contributed by atoms with E-state index in [2.05, 4.69) is 20.6 Å². The monoisotopic (exact) mass is 523 g/mol. The molecule has 4 rings (SSSR count). The molecule has 39 heavy (non-hydrogen) atoms. The molecule has 0 aliphatic rings. The zero-order valence-electron chi connectivity index (χ0n) is 22.1. The summed E-state index contributed by atoms with van der Waals surface area (Å²) in [5.74, 6) is 2.06. The summed E-state index contributed by atoms with van der Waals surface area (Å²) < 4.78 is 18.9. The van der Waals surface area contributed by atoms with Gasteiger partial charge in [0.05, 0.1) is 0 Å². The second-order valence-electron chi connectivity index (χ2n) is 8.54. The third-order valence-electron chi connectivity index (χ3n) is 5.66. The Morgan fingerprint density at radius 2 is 1.13 bits per heavy atom. The van der Waals surface area contributed by atoms with E-state index in [1.165, 1.54) is 0 Å². The van der Waals surface area contributed by atoms with Crippen LogP contribution in [0.25, 0.3) is 0 Å². The molecule has 4 aromatic carbocycles. The van der Waals surface area contributed by atoms with Gasteiger partial charge in [-0.2, -0.15) is 4.99 Å². The summed E-state index contributed by atoms with van der Waals surface area (Å²) in [7, 11) is 3.36. The van der Waals surface area contributed by atoms with Gasteiger partial charge in [0.25, 0.3) is 0 Å². The van der Waals surface area contributed by atoms with Crippen LogP contribution < -0.4 is 30.6 Å². The first-order chi connectivity index (χ1) is 19.1. The number of nitrogens with one attached hydrogen (secondary N) is 2. The second kappa shape index (κ2) is 14.1. The van der Waals surface area contributed by atoms with Crippen LogP contribution in [-0.2, 0) is 19.8 Å². The van der Waals surface area contributed by atoms with Gasteiger partial charge in [-0.3, -0.25) is 4.99 Å². The molecule has 0 saturated heterocycles. The fourth-order valence-corrected chi connectivity index (χ4v) is 3.71. The van der Waals surface area contributed by atoms with Gasteiger partial charge in [0.15, 0.2) is 11.5 Å². The molecular formula is C31H33N5O3. The van der Waals surface area contributed by atoms with Gasteiger partial charge in [-0.1, -0.05) is 91.0 Å². The average molecular weight is 524 g/mol. The van der Waals surface area contributed by atoms with E-state index in [-0.39, 0.29) is 5.96 Å². The van der Waals surface area contributed by atoms with Crippen molar-refractivity contribution in [1.82, 2.24) is 5.32 Å². The molecular weight excluding hydrogens is 490 g/mol. The fraction of sp³-hybridized carbons (Fsp3) is 0.161. The van der Waals surface area contributed by atoms with Crippen molar-refractivity contribution in [3.8, 4) is 17.2 Å². The van der Waals surface area contributed by atoms with Crippen LogP contribution >= 0.6 is 0 Å². The van der Waals surface area contributed by atoms with E-state index in [1.807, 2.05) is 103 Å². The molecule has 0 saturated carbocycles. The maximum Gasteiger partial charge on any atom is 0.220 e. The van der Waals surface area contributed by atoms with Crippen LogP contribution in [0, 0.1) is 0 Å². The zero-order valence-corrected chi connectivity index (χ0v) is 22.1. The highest BCUT2D eigenvalue weighted by atomic mass is 16.5. The van der Waals surface area contributed by atoms with Gasteiger partial charge >= 0.3 is 0 Å². The lowest BCUT2D eigenvalue weighted by molar-refractivity contribution is 0.230. The molecule has 0 radical (unpaired) electrons. The predicted octanol–water partition coefficient (Wildman–Crippen LogP) is 5.36. The molecule has 0 atom stereocenters. The van der Waals surface area contributed by atoms with E-state index in [9.17, 15) is 0 Å². The first-order valence-corrected chi connectivity index (χ1v) is 12.6. The van der Waals surface area contributed by atoms with Crippen LogP contribution in [0.1, 0.15) is 16.7 Å². The topological polar surface area (TPSA) is 102 Å². The molecule has 0 aliphatic heterocycles. The highest BCUT2D eigenvalue weighted by Gasteiger charge is 2.17. The Kier molecular flexibility index (Phi) is 9.78. The van der Waals surface area contributed by atoms with Crippen molar-refractivity contribution >= 4 is 17.6 Å². The van der Waals surface area contributed by atoms with Crippen LogP contribution in [-0.4, -0.2) is 26.0 Å². The van der Waals surface area contributed by atoms with Crippen LogP contribution in [0.4, 0.5) is 5.69 Å². The zero-order chi connectivity index (χ0) is 27.3. The minimum absolute atomic E-state index is 0.158. The number of ether oxygens (including phenoxy) is 3. The first-order valence-electron chi connectivity index (χ1n) is 12.6. The van der Waals surface area contributed by atoms with Crippen molar-refractivity contribution in [3.63, 3.8) is 0 Å². The molecule has 8 nitrogen and oxygen atoms in total. The molecule has 0 fully saturated rings. The number of anilines is 1. The van der Waals surface area contributed by atoms with Gasteiger partial charge < -0.3 is 30.6 Å². The fourth-order valence-electron chi connectivity index (χ4n) is 3.71. The highest BCUT2D eigenvalue weighted by Crippen LogP contribution is 2.42. The molecule has 8 heteroatoms. The summed E-state index contributed by atoms with van der Waals surface area (Å²) in [5.41, 5.74) is 9.86. The van der Waals surface area contributed by atoms with Gasteiger partial charge in [-0.25, -0.2) is 0 Å². The lowest BCUT2D eigenvalue weighted by atomic mass is 10.2. The average Bonchev–Trinajstić information content (AvgIpc) is 2.98. The molecule has 0 aliphatic carbocycles. The third kappa shape index (κ3) is 8.26. The molecule has 0 bridgehead atoms. The van der Waals surface area contributed by atoms with Crippen molar-refractivity contribution in [2.45, 2.75) is 19.8 Å². The van der Waals surface area contributed by atoms with Crippen LogP contribution in [0.5, 0.6) is 17.2 Å². The molecule has 200 valence electrons. The maximum atomic E-state index is 6.32. The standard InChI is InChI=1S/C31H33N5O3/c1-33-31(34-2)36-30(32)35-26-18-27(37-20-23-12-6-3-7-13-23)29(39-22-25-16-10-5-11-17-25)28(19-26)38-21-24-14-8-4-9-15-24/h3-19H,20-22H2,1-2H3,(H4,32,33,34,35,36). The van der Waals surface area contributed by atoms with Crippen molar-refractivity contribution in [2.75, 3.05) is 19.4 Å². The van der Waals surface area contributed by atoms with E-state index >= 15 is 0 Å². The van der Waals surface area contributed by atoms with Crippen molar-refractivity contribution in [2.24, 2.45) is 15.7 Å². The van der Waals surface area contributed by atoms with Crippen molar-refractivity contribution < 1.29 is 14.2 Å². The Morgan fingerprint density at radius 1 is 0.692 bits per heavy atom. The number of rotatable bonds is 10. The second-order valence-corrected chi connectivity index (χ2v) is 8.54. The normalized spacial score (nSPS) is 11.5. The molecule has 4 N–H and O–H groups in total. The molecule has 0 amide bonds. The summed E-state index contributed by atoms with van der Waals surface area (Å²) in [5, 5.41) is 5.99. The van der Waals surface area contributed by atoms with E-state index in [4.69, 9.17) is 19.9 Å². The predicted molar refractivity (Wildman–Crippen MR) is 156 cm³/mol. The number of nitrogens with zero attached hydrogens (tertiary/aromatic N) is 2. The SMILES string of the molecule is CN=C(/N=C(\N)Nc1cc(OCc2ccccc2)c(OCc2ccccc2)c(OCc2ccccc2)c1)NC. The first kappa shape index (κ1) is 27.1. The van der Waals surface area contributed by atoms with Gasteiger partial charge in [0.2, 0.25) is 17.7 Å². The highest BCUT2D eigenvalue weighted by molar-refractivity contribution is 6.01. The Balaban J connectivity index is 1.69. The van der Waals surface area contributed by atoms with E-state index in [0.717, 1.165) is 16.7 Å². The summed E-state index contributed by atoms with van der Waals surface area (Å²) in [6, 6.07) is 33.5. The summed E-state index contributed by atoms with van der Waals surface area (Å²) in [6.07, 6.45) is 0. The number of guanidine groups is 2. The molecule has 0 heterocycles. The number of aliphatic imine (C=N–C) groups is 2. The van der Waals surface area contributed by atoms with Crippen molar-refractivity contribution in [1.29, 1.82) is 0 Å². The molecule has 4 aromatic rings. The number of nitrogens with two attached hydrogens (primary N) is 1. The van der Waals surface area contributed by atoms with Crippen LogP contribution in [0.3, 0.4) is 0 Å². The van der Waals surface area contributed by atoms with E-state index in [0.29, 0.717) is 48.7 Å². The number of hydrogen-bond donors (Lipinski definition) is 3. The van der Waals surface area contributed by atoms with Gasteiger partial charge in [0.1, 0.15) is 19.8 Å². The lowest BCUT2D eigenvalue weighted by Crippen LogP contribution is -2.27. The lowest BCUT2D eigenvalue weighted by Gasteiger charge is -2.19. The van der Waals surface area contributed by atoms with Crippen molar-refractivity contribution in [3.05, 3.63) is 120 Å². The Bertz CT molecular complexity index is 1310. The number of benzene rings is 4. The number of hydrogen-bond acceptors (Lipinski definition) is 4. The largest absolute Gasteiger partial charge is 0.485 e. The summed E-state index contributed by atoms with van der Waals surface area (Å²) in [6.45, 7) is 1.04. The van der Waals surface area contributed by atoms with Crippen LogP contribution in [0.15, 0.2) is 113 Å². The van der Waals surface area contributed by atoms with Gasteiger partial charge in [0, 0.05) is 31.9 Å². The molecule has 0 aromatic heterocycles. The van der Waals surface area contributed by atoms with Gasteiger partial charge in [-0.05, 0) is 16.7 Å². The quantitative estimate of drug-likeness (QED) is 0.191. The third-order valence-corrected chi connectivity index (χ3v) is 5.66. The summed E-state index contributed by atoms with van der Waals surface area (Å²) in [4.78, 5) is 8.31. The minimum Gasteiger partial charge on any atom is -0.485 e. The molecule has 0 spiro atoms.